The molecule has 0 N–H and O–H groups in total. The quantitative estimate of drug-likeness (QED) is 0.599. The fourth-order valence-corrected chi connectivity index (χ4v) is 3.53. The van der Waals surface area contributed by atoms with Crippen LogP contribution in [0.2, 0.25) is 0 Å². The Labute approximate surface area is 110 Å². The predicted octanol–water partition coefficient (Wildman–Crippen LogP) is 1.79. The Bertz CT molecular complexity index is 384. The van der Waals surface area contributed by atoms with Crippen molar-refractivity contribution in [2.24, 2.45) is 0 Å². The molecule has 0 heterocycles. The monoisotopic (exact) mass is 297 g/mol. The van der Waals surface area contributed by atoms with Gasteiger partial charge in [0.1, 0.15) is 0 Å². The van der Waals surface area contributed by atoms with Gasteiger partial charge in [0.2, 0.25) is 0 Å². The number of carbonyl (C=O) groups excluding carboxylic acids is 1. The van der Waals surface area contributed by atoms with E-state index < -0.39 is 0 Å². The molecule has 0 radical (unpaired) electrons. The Kier molecular flexibility index (Phi) is 6.02. The molecule has 2 nitrogen and oxygen atoms in total. The van der Waals surface area contributed by atoms with Crippen LogP contribution < -0.4 is 4.46 Å². The van der Waals surface area contributed by atoms with Gasteiger partial charge < -0.3 is 0 Å². The fraction of sp³-hybridized carbons (Fsp3) is 0.357. The van der Waals surface area contributed by atoms with Crippen LogP contribution in [-0.4, -0.2) is 39.9 Å². The molecule has 1 rings (SSSR count). The molecule has 1 amide bonds. The molecule has 1 aromatic carbocycles. The zero-order valence-electron chi connectivity index (χ0n) is 10.6. The molecule has 0 aromatic heterocycles. The Morgan fingerprint density at radius 1 is 1.29 bits per heavy atom. The van der Waals surface area contributed by atoms with Crippen molar-refractivity contribution < 1.29 is 4.79 Å². The molecule has 0 aliphatic rings. The SMILES string of the molecule is CCC/C(=C/C(=O)N(C)C)[Se]c1ccccc1. The molecule has 0 saturated carbocycles. The molecule has 0 spiro atoms. The molecule has 92 valence electrons. The van der Waals surface area contributed by atoms with E-state index in [-0.39, 0.29) is 20.9 Å². The van der Waals surface area contributed by atoms with Gasteiger partial charge in [0.15, 0.2) is 0 Å². The van der Waals surface area contributed by atoms with Crippen LogP contribution in [0.3, 0.4) is 0 Å². The van der Waals surface area contributed by atoms with E-state index >= 15 is 0 Å². The van der Waals surface area contributed by atoms with Gasteiger partial charge in [-0.05, 0) is 0 Å². The normalized spacial score (nSPS) is 11.4. The maximum atomic E-state index is 11.7. The zero-order valence-corrected chi connectivity index (χ0v) is 12.4. The van der Waals surface area contributed by atoms with Crippen molar-refractivity contribution in [2.75, 3.05) is 14.1 Å². The van der Waals surface area contributed by atoms with Crippen LogP contribution in [-0.2, 0) is 4.79 Å². The molecular formula is C14H19NOSe. The van der Waals surface area contributed by atoms with Crippen LogP contribution in [0, 0.1) is 0 Å². The number of hydrogen-bond donors (Lipinski definition) is 0. The predicted molar refractivity (Wildman–Crippen MR) is 73.5 cm³/mol. The van der Waals surface area contributed by atoms with E-state index in [0.717, 1.165) is 12.8 Å². The van der Waals surface area contributed by atoms with Crippen LogP contribution in [0.1, 0.15) is 19.8 Å². The molecule has 0 unspecified atom stereocenters. The zero-order chi connectivity index (χ0) is 12.7. The van der Waals surface area contributed by atoms with Crippen molar-refractivity contribution in [1.29, 1.82) is 0 Å². The molecule has 0 bridgehead atoms. The summed E-state index contributed by atoms with van der Waals surface area (Å²) in [5.74, 6) is 0.0891. The number of likely N-dealkylation sites (N-methyl/N-ethyl adjacent to an activating group) is 1. The van der Waals surface area contributed by atoms with Crippen molar-refractivity contribution >= 4 is 25.3 Å². The van der Waals surface area contributed by atoms with Crippen LogP contribution in [0.15, 0.2) is 40.9 Å². The average Bonchev–Trinajstić information content (AvgIpc) is 2.30. The van der Waals surface area contributed by atoms with E-state index in [0.29, 0.717) is 0 Å². The molecule has 0 fully saturated rings. The van der Waals surface area contributed by atoms with Crippen molar-refractivity contribution in [3.63, 3.8) is 0 Å². The maximum absolute atomic E-state index is 11.7. The summed E-state index contributed by atoms with van der Waals surface area (Å²) < 4.78 is 2.59. The van der Waals surface area contributed by atoms with Crippen molar-refractivity contribution in [2.45, 2.75) is 19.8 Å². The molecule has 3 heteroatoms. The minimum absolute atomic E-state index is 0.0891. The van der Waals surface area contributed by atoms with E-state index in [1.807, 2.05) is 6.07 Å². The van der Waals surface area contributed by atoms with Gasteiger partial charge in [0.25, 0.3) is 0 Å². The average molecular weight is 296 g/mol. The first-order valence-corrected chi connectivity index (χ1v) is 7.49. The van der Waals surface area contributed by atoms with Gasteiger partial charge in [-0.2, -0.15) is 0 Å². The molecule has 17 heavy (non-hydrogen) atoms. The number of amides is 1. The first kappa shape index (κ1) is 14.0. The second-order valence-corrected chi connectivity index (χ2v) is 6.53. The van der Waals surface area contributed by atoms with Crippen LogP contribution >= 0.6 is 0 Å². The molecule has 0 aliphatic carbocycles. The number of benzene rings is 1. The number of rotatable bonds is 5. The third-order valence-electron chi connectivity index (χ3n) is 2.21. The molecular weight excluding hydrogens is 277 g/mol. The van der Waals surface area contributed by atoms with Gasteiger partial charge in [-0.25, -0.2) is 0 Å². The van der Waals surface area contributed by atoms with Gasteiger partial charge in [-0.1, -0.05) is 0 Å². The topological polar surface area (TPSA) is 20.3 Å². The van der Waals surface area contributed by atoms with E-state index in [1.54, 1.807) is 25.1 Å². The number of carbonyl (C=O) groups is 1. The molecule has 0 aliphatic heterocycles. The Morgan fingerprint density at radius 3 is 2.47 bits per heavy atom. The summed E-state index contributed by atoms with van der Waals surface area (Å²) in [5, 5.41) is 0. The first-order valence-electron chi connectivity index (χ1n) is 5.78. The van der Waals surface area contributed by atoms with Gasteiger partial charge in [0, 0.05) is 0 Å². The van der Waals surface area contributed by atoms with Gasteiger partial charge >= 0.3 is 110 Å². The van der Waals surface area contributed by atoms with E-state index in [4.69, 9.17) is 0 Å². The summed E-state index contributed by atoms with van der Waals surface area (Å²) >= 11 is 0.267. The first-order chi connectivity index (χ1) is 8.13. The molecule has 1 aromatic rings. The third kappa shape index (κ3) is 5.20. The summed E-state index contributed by atoms with van der Waals surface area (Å²) in [6.45, 7) is 2.15. The minimum atomic E-state index is 0.0891. The summed E-state index contributed by atoms with van der Waals surface area (Å²) in [7, 11) is 3.58. The van der Waals surface area contributed by atoms with Crippen LogP contribution in [0.25, 0.3) is 0 Å². The number of hydrogen-bond acceptors (Lipinski definition) is 1. The van der Waals surface area contributed by atoms with Gasteiger partial charge in [-0.15, -0.1) is 0 Å². The van der Waals surface area contributed by atoms with E-state index in [9.17, 15) is 4.79 Å². The van der Waals surface area contributed by atoms with Crippen LogP contribution in [0.5, 0.6) is 0 Å². The third-order valence-corrected chi connectivity index (χ3v) is 4.50. The van der Waals surface area contributed by atoms with Crippen molar-refractivity contribution in [3.05, 3.63) is 40.9 Å². The Hall–Kier alpha value is -1.05. The summed E-state index contributed by atoms with van der Waals surface area (Å²) in [4.78, 5) is 13.3. The summed E-state index contributed by atoms with van der Waals surface area (Å²) in [6.07, 6.45) is 3.89. The summed E-state index contributed by atoms with van der Waals surface area (Å²) in [5.41, 5.74) is 0. The van der Waals surface area contributed by atoms with Crippen LogP contribution in [0.4, 0.5) is 0 Å². The van der Waals surface area contributed by atoms with Gasteiger partial charge in [-0.3, -0.25) is 0 Å². The Balaban J connectivity index is 2.76. The number of nitrogens with zero attached hydrogens (tertiary/aromatic N) is 1. The number of allylic oxidation sites excluding steroid dienone is 1. The van der Waals surface area contributed by atoms with Crippen molar-refractivity contribution in [1.82, 2.24) is 4.90 Å². The summed E-state index contributed by atoms with van der Waals surface area (Å²) in [6, 6.07) is 10.4. The Morgan fingerprint density at radius 2 is 1.94 bits per heavy atom. The second kappa shape index (κ2) is 7.31. The fourth-order valence-electron chi connectivity index (χ4n) is 1.31. The molecule has 0 atom stereocenters. The van der Waals surface area contributed by atoms with Gasteiger partial charge in [0.05, 0.1) is 0 Å². The standard InChI is InChI=1S/C14H19NOSe/c1-4-8-13(11-14(16)15(2)3)17-12-9-6-5-7-10-12/h5-7,9-11H,4,8H2,1-3H3/b13-11-. The van der Waals surface area contributed by atoms with E-state index in [2.05, 4.69) is 31.2 Å². The second-order valence-electron chi connectivity index (χ2n) is 4.01. The van der Waals surface area contributed by atoms with E-state index in [1.165, 1.54) is 8.93 Å². The molecule has 0 saturated heterocycles. The van der Waals surface area contributed by atoms with Crippen molar-refractivity contribution in [3.8, 4) is 0 Å².